The number of aromatic nitrogens is 2. The number of benzene rings is 1. The molecule has 0 aliphatic heterocycles. The number of amides is 1. The second kappa shape index (κ2) is 4.38. The van der Waals surface area contributed by atoms with Crippen LogP contribution in [0.15, 0.2) is 24.5 Å². The second-order valence-corrected chi connectivity index (χ2v) is 4.58. The Hall–Kier alpha value is -2.37. The van der Waals surface area contributed by atoms with Crippen molar-refractivity contribution >= 4 is 22.9 Å². The van der Waals surface area contributed by atoms with E-state index >= 15 is 0 Å². The number of aromatic carboxylic acids is 1. The fraction of sp³-hybridized carbons (Fsp3) is 0.308. The van der Waals surface area contributed by atoms with Gasteiger partial charge in [-0.25, -0.2) is 9.78 Å². The van der Waals surface area contributed by atoms with Gasteiger partial charge in [0.15, 0.2) is 0 Å². The molecule has 1 aromatic heterocycles. The maximum Gasteiger partial charge on any atom is 0.337 e. The lowest BCUT2D eigenvalue weighted by Crippen LogP contribution is -2.43. The zero-order valence-corrected chi connectivity index (χ0v) is 10.8. The number of fused-ring (bicyclic) bond motifs is 1. The van der Waals surface area contributed by atoms with Crippen LogP contribution in [0.2, 0.25) is 0 Å². The van der Waals surface area contributed by atoms with Gasteiger partial charge < -0.3 is 15.4 Å². The first-order valence-corrected chi connectivity index (χ1v) is 5.91. The lowest BCUT2D eigenvalue weighted by molar-refractivity contribution is -0.125. The van der Waals surface area contributed by atoms with Crippen LogP contribution in [0.25, 0.3) is 11.0 Å². The Morgan fingerprint density at radius 2 is 2.16 bits per heavy atom. The van der Waals surface area contributed by atoms with E-state index in [2.05, 4.69) is 4.98 Å². The number of hydrogen-bond donors (Lipinski definition) is 2. The molecule has 0 aliphatic carbocycles. The minimum Gasteiger partial charge on any atom is -0.478 e. The summed E-state index contributed by atoms with van der Waals surface area (Å²) in [5.41, 5.74) is 5.51. The summed E-state index contributed by atoms with van der Waals surface area (Å²) >= 11 is 0. The van der Waals surface area contributed by atoms with E-state index < -0.39 is 17.4 Å². The summed E-state index contributed by atoms with van der Waals surface area (Å²) in [6.07, 6.45) is 1.91. The first-order valence-electron chi connectivity index (χ1n) is 5.91. The summed E-state index contributed by atoms with van der Waals surface area (Å²) in [4.78, 5) is 27.1. The molecule has 1 unspecified atom stereocenters. The summed E-state index contributed by atoms with van der Waals surface area (Å²) in [7, 11) is 0. The van der Waals surface area contributed by atoms with Crippen molar-refractivity contribution in [2.75, 3.05) is 0 Å². The molecule has 6 nitrogen and oxygen atoms in total. The third-order valence-electron chi connectivity index (χ3n) is 3.55. The molecular formula is C13H15N3O3. The predicted octanol–water partition coefficient (Wildman–Crippen LogP) is 1.34. The third-order valence-corrected chi connectivity index (χ3v) is 3.55. The number of carboxylic acids is 1. The van der Waals surface area contributed by atoms with Crippen molar-refractivity contribution in [3.05, 3.63) is 30.1 Å². The number of nitrogens with two attached hydrogens (primary N) is 1. The monoisotopic (exact) mass is 261 g/mol. The molecule has 100 valence electrons. The van der Waals surface area contributed by atoms with Crippen molar-refractivity contribution in [1.29, 1.82) is 0 Å². The summed E-state index contributed by atoms with van der Waals surface area (Å²) in [6.45, 7) is 3.50. The second-order valence-electron chi connectivity index (χ2n) is 4.58. The number of primary amides is 1. The molecule has 1 amide bonds. The van der Waals surface area contributed by atoms with E-state index in [4.69, 9.17) is 5.73 Å². The highest BCUT2D eigenvalue weighted by atomic mass is 16.4. The van der Waals surface area contributed by atoms with Gasteiger partial charge in [-0.2, -0.15) is 0 Å². The molecule has 0 saturated carbocycles. The molecule has 1 aromatic carbocycles. The van der Waals surface area contributed by atoms with Crippen LogP contribution in [0.1, 0.15) is 30.6 Å². The molecule has 0 fully saturated rings. The van der Waals surface area contributed by atoms with Gasteiger partial charge in [-0.15, -0.1) is 0 Å². The molecule has 6 heteroatoms. The highest BCUT2D eigenvalue weighted by molar-refractivity contribution is 6.01. The Labute approximate surface area is 109 Å². The van der Waals surface area contributed by atoms with E-state index in [1.807, 2.05) is 6.92 Å². The number of nitrogens with zero attached hydrogens (tertiary/aromatic N) is 2. The van der Waals surface area contributed by atoms with Crippen LogP contribution in [0.4, 0.5) is 0 Å². The van der Waals surface area contributed by atoms with Crippen molar-refractivity contribution in [2.24, 2.45) is 5.73 Å². The van der Waals surface area contributed by atoms with Crippen molar-refractivity contribution in [2.45, 2.75) is 25.8 Å². The van der Waals surface area contributed by atoms with Crippen molar-refractivity contribution in [3.63, 3.8) is 0 Å². The molecule has 1 atom stereocenters. The van der Waals surface area contributed by atoms with Crippen LogP contribution in [-0.2, 0) is 10.3 Å². The van der Waals surface area contributed by atoms with E-state index in [-0.39, 0.29) is 5.56 Å². The smallest absolute Gasteiger partial charge is 0.337 e. The molecule has 0 spiro atoms. The van der Waals surface area contributed by atoms with Gasteiger partial charge in [0.25, 0.3) is 0 Å². The normalized spacial score (nSPS) is 14.2. The van der Waals surface area contributed by atoms with Crippen LogP contribution in [0.5, 0.6) is 0 Å². The zero-order chi connectivity index (χ0) is 14.2. The van der Waals surface area contributed by atoms with Gasteiger partial charge in [0.1, 0.15) is 5.54 Å². The van der Waals surface area contributed by atoms with Crippen LogP contribution in [-0.4, -0.2) is 26.5 Å². The van der Waals surface area contributed by atoms with Crippen LogP contribution in [0, 0.1) is 0 Å². The van der Waals surface area contributed by atoms with Crippen LogP contribution in [0.3, 0.4) is 0 Å². The number of carbonyl (C=O) groups excluding carboxylic acids is 1. The standard InChI is InChI=1S/C13H15N3O3/c1-3-13(2,12(14)19)16-7-15-9-6-4-5-8(10(9)16)11(17)18/h4-7H,3H2,1-2H3,(H2,14,19)(H,17,18). The third kappa shape index (κ3) is 1.85. The molecule has 2 rings (SSSR count). The van der Waals surface area contributed by atoms with Gasteiger partial charge in [-0.3, -0.25) is 4.79 Å². The lowest BCUT2D eigenvalue weighted by Gasteiger charge is -2.27. The Bertz CT molecular complexity index is 662. The van der Waals surface area contributed by atoms with E-state index in [0.29, 0.717) is 17.5 Å². The fourth-order valence-electron chi connectivity index (χ4n) is 2.08. The van der Waals surface area contributed by atoms with Crippen molar-refractivity contribution < 1.29 is 14.7 Å². The number of hydrogen-bond acceptors (Lipinski definition) is 3. The molecule has 0 aliphatic rings. The molecule has 0 bridgehead atoms. The minimum absolute atomic E-state index is 0.107. The number of rotatable bonds is 4. The summed E-state index contributed by atoms with van der Waals surface area (Å²) in [6, 6.07) is 4.81. The summed E-state index contributed by atoms with van der Waals surface area (Å²) in [5.74, 6) is -1.58. The molecular weight excluding hydrogens is 246 g/mol. The molecule has 1 heterocycles. The van der Waals surface area contributed by atoms with Gasteiger partial charge in [-0.1, -0.05) is 13.0 Å². The van der Waals surface area contributed by atoms with Gasteiger partial charge in [0.2, 0.25) is 5.91 Å². The summed E-state index contributed by atoms with van der Waals surface area (Å²) in [5, 5.41) is 9.25. The molecule has 0 saturated heterocycles. The summed E-state index contributed by atoms with van der Waals surface area (Å²) < 4.78 is 1.55. The Morgan fingerprint density at radius 1 is 1.47 bits per heavy atom. The molecule has 3 N–H and O–H groups in total. The maximum atomic E-state index is 11.7. The van der Waals surface area contributed by atoms with Gasteiger partial charge in [0.05, 0.1) is 22.9 Å². The number of para-hydroxylation sites is 1. The van der Waals surface area contributed by atoms with E-state index in [1.165, 1.54) is 12.4 Å². The van der Waals surface area contributed by atoms with Gasteiger partial charge in [0, 0.05) is 0 Å². The number of carboxylic acid groups (broad SMARTS) is 1. The Morgan fingerprint density at radius 3 is 2.68 bits per heavy atom. The first-order chi connectivity index (χ1) is 8.91. The van der Waals surface area contributed by atoms with Gasteiger partial charge in [-0.05, 0) is 25.5 Å². The van der Waals surface area contributed by atoms with Crippen molar-refractivity contribution in [1.82, 2.24) is 9.55 Å². The van der Waals surface area contributed by atoms with Gasteiger partial charge >= 0.3 is 5.97 Å². The molecule has 0 radical (unpaired) electrons. The number of carbonyl (C=O) groups is 2. The van der Waals surface area contributed by atoms with E-state index in [9.17, 15) is 14.7 Å². The first kappa shape index (κ1) is 13.1. The Balaban J connectivity index is 2.82. The lowest BCUT2D eigenvalue weighted by atomic mass is 9.97. The average molecular weight is 261 g/mol. The quantitative estimate of drug-likeness (QED) is 0.867. The highest BCUT2D eigenvalue weighted by Gasteiger charge is 2.33. The zero-order valence-electron chi connectivity index (χ0n) is 10.8. The van der Waals surface area contributed by atoms with E-state index in [1.54, 1.807) is 23.6 Å². The fourth-order valence-corrected chi connectivity index (χ4v) is 2.08. The maximum absolute atomic E-state index is 11.7. The molecule has 19 heavy (non-hydrogen) atoms. The van der Waals surface area contributed by atoms with Crippen LogP contribution < -0.4 is 5.73 Å². The highest BCUT2D eigenvalue weighted by Crippen LogP contribution is 2.27. The average Bonchev–Trinajstić information content (AvgIpc) is 2.81. The van der Waals surface area contributed by atoms with Crippen LogP contribution >= 0.6 is 0 Å². The topological polar surface area (TPSA) is 98.2 Å². The minimum atomic E-state index is -1.06. The largest absolute Gasteiger partial charge is 0.478 e. The van der Waals surface area contributed by atoms with Crippen molar-refractivity contribution in [3.8, 4) is 0 Å². The Kier molecular flexibility index (Phi) is 3.01. The predicted molar refractivity (Wildman–Crippen MR) is 69.8 cm³/mol. The molecule has 2 aromatic rings. The SMILES string of the molecule is CCC(C)(C(N)=O)n1cnc2cccc(C(=O)O)c21. The van der Waals surface area contributed by atoms with E-state index in [0.717, 1.165) is 0 Å². The number of imidazole rings is 1.